The maximum atomic E-state index is 12.6. The third-order valence-corrected chi connectivity index (χ3v) is 4.60. The maximum absolute atomic E-state index is 12.6. The molecule has 2 unspecified atom stereocenters. The normalized spacial score (nSPS) is 25.6. The molecule has 2 aliphatic heterocycles. The van der Waals surface area contributed by atoms with Gasteiger partial charge in [-0.15, -0.1) is 36.2 Å². The van der Waals surface area contributed by atoms with Gasteiger partial charge in [0.2, 0.25) is 0 Å². The second-order valence-corrected chi connectivity index (χ2v) is 5.90. The fraction of sp³-hybridized carbons (Fsp3) is 0.692. The van der Waals surface area contributed by atoms with E-state index in [1.54, 1.807) is 11.3 Å². The zero-order chi connectivity index (χ0) is 13.1. The Balaban J connectivity index is 0.00000110. The lowest BCUT2D eigenvalue weighted by molar-refractivity contribution is -0.149. The smallest absolute Gasteiger partial charge is 0.253 e. The number of aromatic nitrogens is 1. The van der Waals surface area contributed by atoms with Gasteiger partial charge in [-0.3, -0.25) is 4.79 Å². The third-order valence-electron chi connectivity index (χ3n) is 3.73. The zero-order valence-corrected chi connectivity index (χ0v) is 14.1. The van der Waals surface area contributed by atoms with Crippen LogP contribution in [0.5, 0.6) is 0 Å². The Bertz CT molecular complexity index is 427. The van der Waals surface area contributed by atoms with Crippen LogP contribution >= 0.6 is 36.2 Å². The highest BCUT2D eigenvalue weighted by Crippen LogP contribution is 2.32. The minimum Gasteiger partial charge on any atom is -0.366 e. The van der Waals surface area contributed by atoms with E-state index < -0.39 is 0 Å². The summed E-state index contributed by atoms with van der Waals surface area (Å²) in [6, 6.07) is 0.145. The number of likely N-dealkylation sites (tertiary alicyclic amines) is 1. The molecule has 2 atom stereocenters. The van der Waals surface area contributed by atoms with Gasteiger partial charge in [-0.2, -0.15) is 0 Å². The molecule has 120 valence electrons. The number of hydrogen-bond donors (Lipinski definition) is 1. The number of thiazole rings is 1. The largest absolute Gasteiger partial charge is 0.366 e. The molecule has 8 heteroatoms. The summed E-state index contributed by atoms with van der Waals surface area (Å²) in [4.78, 5) is 19.0. The zero-order valence-electron chi connectivity index (χ0n) is 11.7. The van der Waals surface area contributed by atoms with Crippen molar-refractivity contribution in [1.29, 1.82) is 0 Å². The van der Waals surface area contributed by atoms with Gasteiger partial charge in [0.1, 0.15) is 11.1 Å². The fourth-order valence-electron chi connectivity index (χ4n) is 2.76. The summed E-state index contributed by atoms with van der Waals surface area (Å²) in [6.07, 6.45) is 4.75. The average Bonchev–Trinajstić information content (AvgIpc) is 3.01. The summed E-state index contributed by atoms with van der Waals surface area (Å²) in [7, 11) is 0. The van der Waals surface area contributed by atoms with E-state index in [-0.39, 0.29) is 42.9 Å². The Morgan fingerprint density at radius 3 is 2.95 bits per heavy atom. The first-order valence-electron chi connectivity index (χ1n) is 6.88. The Kier molecular flexibility index (Phi) is 7.90. The van der Waals surface area contributed by atoms with E-state index >= 15 is 0 Å². The Morgan fingerprint density at radius 2 is 2.29 bits per heavy atom. The number of carbonyl (C=O) groups excluding carboxylic acids is 1. The molecule has 1 aromatic rings. The monoisotopic (exact) mass is 353 g/mol. The van der Waals surface area contributed by atoms with Crippen LogP contribution in [0.25, 0.3) is 0 Å². The highest BCUT2D eigenvalue weighted by atomic mass is 35.5. The van der Waals surface area contributed by atoms with E-state index in [4.69, 9.17) is 4.74 Å². The number of morpholine rings is 1. The van der Waals surface area contributed by atoms with Gasteiger partial charge in [0.15, 0.2) is 0 Å². The molecule has 0 aromatic carbocycles. The van der Waals surface area contributed by atoms with Crippen LogP contribution in [0, 0.1) is 0 Å². The molecule has 1 N–H and O–H groups in total. The van der Waals surface area contributed by atoms with Crippen LogP contribution in [-0.4, -0.2) is 48.1 Å². The number of ether oxygens (including phenoxy) is 1. The van der Waals surface area contributed by atoms with E-state index in [0.29, 0.717) is 13.2 Å². The van der Waals surface area contributed by atoms with Crippen molar-refractivity contribution in [1.82, 2.24) is 15.2 Å². The Labute approximate surface area is 141 Å². The lowest BCUT2D eigenvalue weighted by Crippen LogP contribution is -2.51. The minimum absolute atomic E-state index is 0. The lowest BCUT2D eigenvalue weighted by atomic mass is 10.0. The molecule has 3 heterocycles. The quantitative estimate of drug-likeness (QED) is 0.883. The molecule has 2 aliphatic rings. The second-order valence-electron chi connectivity index (χ2n) is 4.98. The van der Waals surface area contributed by atoms with Crippen molar-refractivity contribution in [3.8, 4) is 0 Å². The number of nitrogens with zero attached hydrogens (tertiary/aromatic N) is 2. The highest BCUT2D eigenvalue weighted by Gasteiger charge is 2.34. The average molecular weight is 354 g/mol. The molecule has 0 bridgehead atoms. The summed E-state index contributed by atoms with van der Waals surface area (Å²) < 4.78 is 5.59. The molecule has 0 saturated carbocycles. The van der Waals surface area contributed by atoms with Crippen LogP contribution in [-0.2, 0) is 9.53 Å². The first kappa shape index (κ1) is 18.6. The van der Waals surface area contributed by atoms with Crippen LogP contribution in [0.15, 0.2) is 11.6 Å². The molecule has 2 fully saturated rings. The van der Waals surface area contributed by atoms with Gasteiger partial charge in [0.05, 0.1) is 12.6 Å². The molecule has 21 heavy (non-hydrogen) atoms. The van der Waals surface area contributed by atoms with E-state index in [9.17, 15) is 4.79 Å². The van der Waals surface area contributed by atoms with E-state index in [1.165, 1.54) is 0 Å². The first-order valence-corrected chi connectivity index (χ1v) is 7.76. The summed E-state index contributed by atoms with van der Waals surface area (Å²) in [5, 5.41) is 6.25. The van der Waals surface area contributed by atoms with Gasteiger partial charge >= 0.3 is 0 Å². The molecule has 3 rings (SSSR count). The van der Waals surface area contributed by atoms with Crippen molar-refractivity contribution in [3.05, 3.63) is 16.6 Å². The van der Waals surface area contributed by atoms with Crippen LogP contribution in [0.1, 0.15) is 30.3 Å². The predicted octanol–water partition coefficient (Wildman–Crippen LogP) is 2.03. The molecule has 5 nitrogen and oxygen atoms in total. The maximum Gasteiger partial charge on any atom is 0.253 e. The van der Waals surface area contributed by atoms with Crippen molar-refractivity contribution >= 4 is 42.1 Å². The number of rotatable bonds is 2. The van der Waals surface area contributed by atoms with Crippen LogP contribution < -0.4 is 5.32 Å². The topological polar surface area (TPSA) is 54.5 Å². The van der Waals surface area contributed by atoms with Crippen molar-refractivity contribution in [2.45, 2.75) is 31.4 Å². The van der Waals surface area contributed by atoms with E-state index in [0.717, 1.165) is 37.4 Å². The molecule has 1 amide bonds. The van der Waals surface area contributed by atoms with Crippen molar-refractivity contribution in [2.75, 3.05) is 26.2 Å². The number of piperidine rings is 1. The number of carbonyl (C=O) groups is 1. The number of amides is 1. The molecular formula is C13H21Cl2N3O2S. The Hall–Kier alpha value is -0.400. The van der Waals surface area contributed by atoms with Crippen molar-refractivity contribution in [2.24, 2.45) is 0 Å². The molecule has 0 aliphatic carbocycles. The first-order chi connectivity index (χ1) is 9.36. The molecule has 0 radical (unpaired) electrons. The van der Waals surface area contributed by atoms with Gasteiger partial charge in [-0.1, -0.05) is 0 Å². The minimum atomic E-state index is -0.325. The van der Waals surface area contributed by atoms with Gasteiger partial charge in [0, 0.05) is 31.2 Å². The number of hydrogen-bond acceptors (Lipinski definition) is 5. The molecular weight excluding hydrogens is 333 g/mol. The SMILES string of the molecule is Cl.Cl.O=C(C1CNCCO1)N1CCCCC1c1nccs1. The van der Waals surface area contributed by atoms with Gasteiger partial charge in [-0.05, 0) is 19.3 Å². The Morgan fingerprint density at radius 1 is 1.43 bits per heavy atom. The number of halogens is 2. The molecule has 1 aromatic heterocycles. The van der Waals surface area contributed by atoms with E-state index in [1.807, 2.05) is 16.5 Å². The van der Waals surface area contributed by atoms with Gasteiger partial charge in [-0.25, -0.2) is 4.98 Å². The summed E-state index contributed by atoms with van der Waals surface area (Å²) in [5.41, 5.74) is 0. The predicted molar refractivity (Wildman–Crippen MR) is 87.5 cm³/mol. The molecule has 2 saturated heterocycles. The van der Waals surface area contributed by atoms with Gasteiger partial charge in [0.25, 0.3) is 5.91 Å². The highest BCUT2D eigenvalue weighted by molar-refractivity contribution is 7.09. The fourth-order valence-corrected chi connectivity index (χ4v) is 3.55. The lowest BCUT2D eigenvalue weighted by Gasteiger charge is -2.37. The van der Waals surface area contributed by atoms with Crippen LogP contribution in [0.4, 0.5) is 0 Å². The van der Waals surface area contributed by atoms with Crippen LogP contribution in [0.2, 0.25) is 0 Å². The molecule has 0 spiro atoms. The second kappa shape index (κ2) is 8.90. The summed E-state index contributed by atoms with van der Waals surface area (Å²) >= 11 is 1.64. The number of nitrogens with one attached hydrogen (secondary N) is 1. The summed E-state index contributed by atoms with van der Waals surface area (Å²) in [6.45, 7) is 2.90. The van der Waals surface area contributed by atoms with E-state index in [2.05, 4.69) is 10.3 Å². The van der Waals surface area contributed by atoms with Crippen molar-refractivity contribution in [3.63, 3.8) is 0 Å². The van der Waals surface area contributed by atoms with Crippen molar-refractivity contribution < 1.29 is 9.53 Å². The standard InChI is InChI=1S/C13H19N3O2S.2ClH/c17-13(11-9-14-4-7-18-11)16-6-2-1-3-10(16)12-15-5-8-19-12;;/h5,8,10-11,14H,1-4,6-7,9H2;2*1H. The van der Waals surface area contributed by atoms with Gasteiger partial charge < -0.3 is 15.0 Å². The third kappa shape index (κ3) is 4.29. The summed E-state index contributed by atoms with van der Waals surface area (Å²) in [5.74, 6) is 0.118. The van der Waals surface area contributed by atoms with Crippen LogP contribution in [0.3, 0.4) is 0 Å².